The van der Waals surface area contributed by atoms with Crippen LogP contribution in [0, 0.1) is 15.9 Å². The Hall–Kier alpha value is -3.29. The van der Waals surface area contributed by atoms with Gasteiger partial charge in [0, 0.05) is 30.3 Å². The van der Waals surface area contributed by atoms with Crippen molar-refractivity contribution >= 4 is 23.2 Å². The van der Waals surface area contributed by atoms with Crippen molar-refractivity contribution in [2.24, 2.45) is 5.73 Å². The van der Waals surface area contributed by atoms with Gasteiger partial charge in [-0.1, -0.05) is 18.2 Å². The van der Waals surface area contributed by atoms with E-state index in [-0.39, 0.29) is 30.6 Å². The molecule has 0 aliphatic heterocycles. The number of amides is 2. The van der Waals surface area contributed by atoms with Gasteiger partial charge in [-0.15, -0.1) is 0 Å². The minimum absolute atomic E-state index is 0.000427. The van der Waals surface area contributed by atoms with Crippen molar-refractivity contribution in [3.8, 4) is 0 Å². The number of nitrogens with two attached hydrogens (primary N) is 1. The van der Waals surface area contributed by atoms with Crippen LogP contribution in [0.1, 0.15) is 12.0 Å². The van der Waals surface area contributed by atoms with Crippen LogP contribution in [0.3, 0.4) is 0 Å². The highest BCUT2D eigenvalue weighted by Crippen LogP contribution is 2.21. The average Bonchev–Trinajstić information content (AvgIpc) is 2.56. The Kier molecular flexibility index (Phi) is 5.78. The lowest BCUT2D eigenvalue weighted by Crippen LogP contribution is -2.35. The second-order valence-corrected chi connectivity index (χ2v) is 5.30. The largest absolute Gasteiger partial charge is 0.370 e. The quantitative estimate of drug-likeness (QED) is 0.613. The first-order chi connectivity index (χ1) is 11.9. The number of carbonyl (C=O) groups is 2. The summed E-state index contributed by atoms with van der Waals surface area (Å²) in [7, 11) is 0. The molecule has 0 aliphatic carbocycles. The van der Waals surface area contributed by atoms with Crippen LogP contribution >= 0.6 is 0 Å². The van der Waals surface area contributed by atoms with Crippen LogP contribution in [0.15, 0.2) is 48.5 Å². The molecule has 25 heavy (non-hydrogen) atoms. The SMILES string of the molecule is NC(=O)CCN(C(=O)Cc1ccccc1[N+](=O)[O-])c1ccc(F)cc1. The third kappa shape index (κ3) is 4.84. The monoisotopic (exact) mass is 345 g/mol. The molecule has 0 aliphatic rings. The van der Waals surface area contributed by atoms with E-state index in [2.05, 4.69) is 0 Å². The van der Waals surface area contributed by atoms with Crippen molar-refractivity contribution in [3.05, 3.63) is 70.0 Å². The fraction of sp³-hybridized carbons (Fsp3) is 0.176. The van der Waals surface area contributed by atoms with Crippen LogP contribution in [0.4, 0.5) is 15.8 Å². The lowest BCUT2D eigenvalue weighted by atomic mass is 10.1. The topological polar surface area (TPSA) is 107 Å². The molecule has 2 rings (SSSR count). The maximum absolute atomic E-state index is 13.1. The highest BCUT2D eigenvalue weighted by atomic mass is 19.1. The number of primary amides is 1. The van der Waals surface area contributed by atoms with Gasteiger partial charge in [0.05, 0.1) is 11.3 Å². The summed E-state index contributed by atoms with van der Waals surface area (Å²) in [6, 6.07) is 11.1. The summed E-state index contributed by atoms with van der Waals surface area (Å²) in [5, 5.41) is 11.1. The first kappa shape index (κ1) is 18.1. The zero-order chi connectivity index (χ0) is 18.4. The molecule has 2 aromatic rings. The number of nitrogens with zero attached hydrogens (tertiary/aromatic N) is 2. The standard InChI is InChI=1S/C17H16FN3O4/c18-13-5-7-14(8-6-13)20(10-9-16(19)22)17(23)11-12-3-1-2-4-15(12)21(24)25/h1-8H,9-11H2,(H2,19,22). The Balaban J connectivity index is 2.27. The number of para-hydroxylation sites is 1. The second-order valence-electron chi connectivity index (χ2n) is 5.30. The van der Waals surface area contributed by atoms with Crippen LogP contribution in [0.25, 0.3) is 0 Å². The molecule has 0 saturated heterocycles. The van der Waals surface area contributed by atoms with Crippen molar-refractivity contribution in [3.63, 3.8) is 0 Å². The van der Waals surface area contributed by atoms with E-state index in [0.29, 0.717) is 5.69 Å². The minimum atomic E-state index is -0.592. The fourth-order valence-electron chi connectivity index (χ4n) is 2.34. The predicted octanol–water partition coefficient (Wildman–Crippen LogP) is 2.18. The van der Waals surface area contributed by atoms with E-state index in [1.165, 1.54) is 47.4 Å². The van der Waals surface area contributed by atoms with E-state index < -0.39 is 22.6 Å². The van der Waals surface area contributed by atoms with E-state index >= 15 is 0 Å². The third-order valence-electron chi connectivity index (χ3n) is 3.55. The van der Waals surface area contributed by atoms with E-state index in [4.69, 9.17) is 5.73 Å². The highest BCUT2D eigenvalue weighted by molar-refractivity contribution is 5.95. The number of carbonyl (C=O) groups excluding carboxylic acids is 2. The molecule has 7 nitrogen and oxygen atoms in total. The number of nitro groups is 1. The summed E-state index contributed by atoms with van der Waals surface area (Å²) >= 11 is 0. The molecule has 130 valence electrons. The minimum Gasteiger partial charge on any atom is -0.370 e. The molecule has 0 fully saturated rings. The highest BCUT2D eigenvalue weighted by Gasteiger charge is 2.21. The number of hydrogen-bond acceptors (Lipinski definition) is 4. The molecule has 0 saturated carbocycles. The molecule has 2 amide bonds. The molecule has 0 aromatic heterocycles. The second kappa shape index (κ2) is 8.00. The van der Waals surface area contributed by atoms with Crippen LogP contribution in [-0.2, 0) is 16.0 Å². The summed E-state index contributed by atoms with van der Waals surface area (Å²) in [6.07, 6.45) is -0.312. The Labute approximate surface area is 143 Å². The predicted molar refractivity (Wildman–Crippen MR) is 89.4 cm³/mol. The first-order valence-electron chi connectivity index (χ1n) is 7.45. The Morgan fingerprint density at radius 2 is 1.76 bits per heavy atom. The Morgan fingerprint density at radius 3 is 2.36 bits per heavy atom. The lowest BCUT2D eigenvalue weighted by molar-refractivity contribution is -0.385. The van der Waals surface area contributed by atoms with Gasteiger partial charge < -0.3 is 10.6 Å². The molecule has 0 spiro atoms. The van der Waals surface area contributed by atoms with Gasteiger partial charge in [-0.3, -0.25) is 19.7 Å². The molecule has 0 heterocycles. The molecule has 2 aromatic carbocycles. The number of hydrogen-bond donors (Lipinski definition) is 1. The van der Waals surface area contributed by atoms with Crippen molar-refractivity contribution in [2.75, 3.05) is 11.4 Å². The molecule has 2 N–H and O–H groups in total. The van der Waals surface area contributed by atoms with Crippen LogP contribution in [0.2, 0.25) is 0 Å². The normalized spacial score (nSPS) is 10.3. The summed E-state index contributed by atoms with van der Waals surface area (Å²) in [5.41, 5.74) is 5.61. The Bertz CT molecular complexity index is 793. The van der Waals surface area contributed by atoms with Crippen molar-refractivity contribution in [1.29, 1.82) is 0 Å². The van der Waals surface area contributed by atoms with Gasteiger partial charge in [-0.05, 0) is 24.3 Å². The molecular weight excluding hydrogens is 329 g/mol. The smallest absolute Gasteiger partial charge is 0.273 e. The molecule has 0 bridgehead atoms. The van der Waals surface area contributed by atoms with Crippen LogP contribution in [0.5, 0.6) is 0 Å². The molecule has 0 unspecified atom stereocenters. The van der Waals surface area contributed by atoms with E-state index in [1.54, 1.807) is 6.07 Å². The summed E-state index contributed by atoms with van der Waals surface area (Å²) in [6.45, 7) is 0.000427. The summed E-state index contributed by atoms with van der Waals surface area (Å²) in [4.78, 5) is 35.5. The maximum Gasteiger partial charge on any atom is 0.273 e. The van der Waals surface area contributed by atoms with Gasteiger partial charge in [0.2, 0.25) is 11.8 Å². The Morgan fingerprint density at radius 1 is 1.12 bits per heavy atom. The average molecular weight is 345 g/mol. The van der Waals surface area contributed by atoms with Gasteiger partial charge >= 0.3 is 0 Å². The molecular formula is C17H16FN3O4. The molecule has 0 radical (unpaired) electrons. The summed E-state index contributed by atoms with van der Waals surface area (Å²) < 4.78 is 13.1. The summed E-state index contributed by atoms with van der Waals surface area (Å²) in [5.74, 6) is -1.52. The van der Waals surface area contributed by atoms with Crippen molar-refractivity contribution in [2.45, 2.75) is 12.8 Å². The van der Waals surface area contributed by atoms with Gasteiger partial charge in [-0.2, -0.15) is 0 Å². The number of halogens is 1. The van der Waals surface area contributed by atoms with Gasteiger partial charge in [0.1, 0.15) is 5.82 Å². The zero-order valence-electron chi connectivity index (χ0n) is 13.2. The number of benzene rings is 2. The van der Waals surface area contributed by atoms with Gasteiger partial charge in [0.25, 0.3) is 5.69 Å². The maximum atomic E-state index is 13.1. The van der Waals surface area contributed by atoms with E-state index in [0.717, 1.165) is 0 Å². The zero-order valence-corrected chi connectivity index (χ0v) is 13.2. The lowest BCUT2D eigenvalue weighted by Gasteiger charge is -2.22. The third-order valence-corrected chi connectivity index (χ3v) is 3.55. The number of nitro benzene ring substituents is 1. The number of anilines is 1. The fourth-order valence-corrected chi connectivity index (χ4v) is 2.34. The van der Waals surface area contributed by atoms with Crippen LogP contribution in [-0.4, -0.2) is 23.3 Å². The molecule has 0 atom stereocenters. The van der Waals surface area contributed by atoms with Crippen molar-refractivity contribution in [1.82, 2.24) is 0 Å². The van der Waals surface area contributed by atoms with Crippen molar-refractivity contribution < 1.29 is 18.9 Å². The van der Waals surface area contributed by atoms with E-state index in [1.807, 2.05) is 0 Å². The van der Waals surface area contributed by atoms with Crippen LogP contribution < -0.4 is 10.6 Å². The van der Waals surface area contributed by atoms with E-state index in [9.17, 15) is 24.1 Å². The van der Waals surface area contributed by atoms with Gasteiger partial charge in [0.15, 0.2) is 0 Å². The van der Waals surface area contributed by atoms with Gasteiger partial charge in [-0.25, -0.2) is 4.39 Å². The first-order valence-corrected chi connectivity index (χ1v) is 7.45. The molecule has 8 heteroatoms. The number of rotatable bonds is 7.